The van der Waals surface area contributed by atoms with E-state index < -0.39 is 11.8 Å². The van der Waals surface area contributed by atoms with Gasteiger partial charge in [0.05, 0.1) is 22.8 Å². The molecule has 8 heteroatoms. The van der Waals surface area contributed by atoms with Crippen LogP contribution >= 0.6 is 23.2 Å². The molecule has 0 atom stereocenters. The Morgan fingerprint density at radius 3 is 2.65 bits per heavy atom. The SMILES string of the molecule is O=C(O)c1cc(/C=C/C(=O)c2cc(Cl)cc(Cl)c2O)c2c(c1)COCO2. The summed E-state index contributed by atoms with van der Waals surface area (Å²) in [5, 5.41) is 19.3. The molecule has 0 amide bonds. The molecule has 3 rings (SSSR count). The van der Waals surface area contributed by atoms with Gasteiger partial charge in [0, 0.05) is 16.1 Å². The molecule has 2 aromatic carbocycles. The smallest absolute Gasteiger partial charge is 0.335 e. The van der Waals surface area contributed by atoms with Crippen molar-refractivity contribution in [2.24, 2.45) is 0 Å². The second-order valence-electron chi connectivity index (χ2n) is 5.45. The third-order valence-corrected chi connectivity index (χ3v) is 4.20. The van der Waals surface area contributed by atoms with Gasteiger partial charge in [-0.1, -0.05) is 23.2 Å². The lowest BCUT2D eigenvalue weighted by atomic mass is 10.0. The Labute approximate surface area is 158 Å². The minimum absolute atomic E-state index is 0.0267. The van der Waals surface area contributed by atoms with Gasteiger partial charge in [-0.05, 0) is 36.4 Å². The zero-order valence-corrected chi connectivity index (χ0v) is 14.7. The molecule has 2 aromatic rings. The van der Waals surface area contributed by atoms with Crippen LogP contribution in [0, 0.1) is 0 Å². The van der Waals surface area contributed by atoms with Crippen molar-refractivity contribution in [3.05, 3.63) is 62.6 Å². The minimum atomic E-state index is -1.11. The lowest BCUT2D eigenvalue weighted by Crippen LogP contribution is -2.13. The number of carbonyl (C=O) groups excluding carboxylic acids is 1. The summed E-state index contributed by atoms with van der Waals surface area (Å²) >= 11 is 11.7. The average molecular weight is 395 g/mol. The average Bonchev–Trinajstić information content (AvgIpc) is 2.62. The lowest BCUT2D eigenvalue weighted by Gasteiger charge is -2.20. The van der Waals surface area contributed by atoms with Gasteiger partial charge in [0.15, 0.2) is 12.6 Å². The molecule has 0 bridgehead atoms. The van der Waals surface area contributed by atoms with Crippen LogP contribution in [0.5, 0.6) is 11.5 Å². The Morgan fingerprint density at radius 2 is 1.92 bits per heavy atom. The van der Waals surface area contributed by atoms with E-state index in [0.29, 0.717) is 16.9 Å². The number of halogens is 2. The molecule has 0 spiro atoms. The van der Waals surface area contributed by atoms with Gasteiger partial charge in [-0.15, -0.1) is 0 Å². The molecule has 0 radical (unpaired) electrons. The molecule has 0 saturated heterocycles. The molecule has 0 fully saturated rings. The number of phenols is 1. The number of hydrogen-bond donors (Lipinski definition) is 2. The number of aromatic hydroxyl groups is 1. The predicted molar refractivity (Wildman–Crippen MR) is 95.2 cm³/mol. The number of ether oxygens (including phenoxy) is 2. The number of aromatic carboxylic acids is 1. The van der Waals surface area contributed by atoms with Crippen molar-refractivity contribution < 1.29 is 29.3 Å². The van der Waals surface area contributed by atoms with E-state index >= 15 is 0 Å². The first kappa shape index (κ1) is 18.3. The number of ketones is 1. The Hall–Kier alpha value is -2.54. The molecule has 1 aliphatic rings. The monoisotopic (exact) mass is 394 g/mol. The van der Waals surface area contributed by atoms with Crippen LogP contribution < -0.4 is 4.74 Å². The molecule has 2 N–H and O–H groups in total. The highest BCUT2D eigenvalue weighted by molar-refractivity contribution is 6.36. The Morgan fingerprint density at radius 1 is 1.15 bits per heavy atom. The number of allylic oxidation sites excluding steroid dienone is 1. The number of phenolic OH excluding ortho intramolecular Hbond substituents is 1. The number of carboxylic acids is 1. The van der Waals surface area contributed by atoms with Crippen LogP contribution in [0.15, 0.2) is 30.3 Å². The fourth-order valence-electron chi connectivity index (χ4n) is 2.51. The van der Waals surface area contributed by atoms with E-state index in [-0.39, 0.29) is 40.3 Å². The van der Waals surface area contributed by atoms with Crippen LogP contribution in [0.3, 0.4) is 0 Å². The van der Waals surface area contributed by atoms with Crippen molar-refractivity contribution in [3.63, 3.8) is 0 Å². The first-order chi connectivity index (χ1) is 12.4. The quantitative estimate of drug-likeness (QED) is 0.597. The number of hydrogen-bond acceptors (Lipinski definition) is 5. The summed E-state index contributed by atoms with van der Waals surface area (Å²) in [5.74, 6) is -1.60. The Balaban J connectivity index is 1.99. The normalized spacial score (nSPS) is 13.3. The summed E-state index contributed by atoms with van der Waals surface area (Å²) < 4.78 is 10.6. The van der Waals surface area contributed by atoms with Gasteiger partial charge in [-0.25, -0.2) is 4.79 Å². The van der Waals surface area contributed by atoms with Crippen molar-refractivity contribution in [1.82, 2.24) is 0 Å². The summed E-state index contributed by atoms with van der Waals surface area (Å²) in [6, 6.07) is 5.46. The summed E-state index contributed by atoms with van der Waals surface area (Å²) in [5.41, 5.74) is 0.950. The summed E-state index contributed by atoms with van der Waals surface area (Å²) in [6.07, 6.45) is 2.59. The molecule has 6 nitrogen and oxygen atoms in total. The highest BCUT2D eigenvalue weighted by atomic mass is 35.5. The predicted octanol–water partition coefficient (Wildman–Crippen LogP) is 4.16. The summed E-state index contributed by atoms with van der Waals surface area (Å²) in [7, 11) is 0. The van der Waals surface area contributed by atoms with Gasteiger partial charge >= 0.3 is 5.97 Å². The maximum Gasteiger partial charge on any atom is 0.335 e. The third-order valence-electron chi connectivity index (χ3n) is 3.69. The van der Waals surface area contributed by atoms with Crippen molar-refractivity contribution in [2.75, 3.05) is 6.79 Å². The van der Waals surface area contributed by atoms with E-state index in [4.69, 9.17) is 32.7 Å². The summed E-state index contributed by atoms with van der Waals surface area (Å²) in [6.45, 7) is 0.231. The van der Waals surface area contributed by atoms with E-state index in [1.807, 2.05) is 0 Å². The van der Waals surface area contributed by atoms with Gasteiger partial charge in [0.2, 0.25) is 0 Å². The van der Waals surface area contributed by atoms with Crippen LogP contribution in [0.2, 0.25) is 10.0 Å². The molecule has 0 aliphatic carbocycles. The number of carbonyl (C=O) groups is 2. The van der Waals surface area contributed by atoms with Crippen molar-refractivity contribution in [2.45, 2.75) is 6.61 Å². The first-order valence-corrected chi connectivity index (χ1v) is 8.13. The van der Waals surface area contributed by atoms with Crippen molar-refractivity contribution >= 4 is 41.0 Å². The fraction of sp³-hybridized carbons (Fsp3) is 0.111. The molecular weight excluding hydrogens is 383 g/mol. The van der Waals surface area contributed by atoms with Crippen LogP contribution in [0.25, 0.3) is 6.08 Å². The van der Waals surface area contributed by atoms with Gasteiger partial charge in [0.25, 0.3) is 0 Å². The molecule has 26 heavy (non-hydrogen) atoms. The van der Waals surface area contributed by atoms with E-state index in [1.54, 1.807) is 0 Å². The molecule has 1 heterocycles. The van der Waals surface area contributed by atoms with Crippen LogP contribution in [-0.2, 0) is 11.3 Å². The van der Waals surface area contributed by atoms with Gasteiger partial charge in [0.1, 0.15) is 11.5 Å². The highest BCUT2D eigenvalue weighted by Gasteiger charge is 2.19. The maximum atomic E-state index is 12.4. The second kappa shape index (κ2) is 7.37. The standard InChI is InChI=1S/C18H12Cl2O6/c19-12-5-13(16(22)14(20)6-12)15(21)2-1-9-3-10(18(23)24)4-11-7-25-8-26-17(9)11/h1-6,22H,7-8H2,(H,23,24)/b2-1+. The van der Waals surface area contributed by atoms with Gasteiger partial charge in [-0.3, -0.25) is 4.79 Å². The topological polar surface area (TPSA) is 93.1 Å². The molecule has 0 aromatic heterocycles. The zero-order valence-electron chi connectivity index (χ0n) is 13.2. The second-order valence-corrected chi connectivity index (χ2v) is 6.29. The van der Waals surface area contributed by atoms with Gasteiger partial charge < -0.3 is 19.7 Å². The maximum absolute atomic E-state index is 12.4. The van der Waals surface area contributed by atoms with E-state index in [2.05, 4.69) is 0 Å². The summed E-state index contributed by atoms with van der Waals surface area (Å²) in [4.78, 5) is 23.7. The number of carboxylic acid groups (broad SMARTS) is 1. The fourth-order valence-corrected chi connectivity index (χ4v) is 3.00. The van der Waals surface area contributed by atoms with E-state index in [9.17, 15) is 19.8 Å². The Bertz CT molecular complexity index is 936. The van der Waals surface area contributed by atoms with Crippen molar-refractivity contribution in [1.29, 1.82) is 0 Å². The minimum Gasteiger partial charge on any atom is -0.506 e. The van der Waals surface area contributed by atoms with Crippen LogP contribution in [0.1, 0.15) is 31.8 Å². The number of benzene rings is 2. The highest BCUT2D eigenvalue weighted by Crippen LogP contribution is 2.33. The van der Waals surface area contributed by atoms with E-state index in [0.717, 1.165) is 0 Å². The Kier molecular flexibility index (Phi) is 5.18. The van der Waals surface area contributed by atoms with Crippen molar-refractivity contribution in [3.8, 4) is 11.5 Å². The van der Waals surface area contributed by atoms with E-state index in [1.165, 1.54) is 36.4 Å². The molecule has 0 saturated carbocycles. The molecule has 0 unspecified atom stereocenters. The number of fused-ring (bicyclic) bond motifs is 1. The lowest BCUT2D eigenvalue weighted by molar-refractivity contribution is -0.0165. The van der Waals surface area contributed by atoms with Crippen LogP contribution in [-0.4, -0.2) is 28.8 Å². The molecule has 1 aliphatic heterocycles. The third kappa shape index (κ3) is 3.67. The molecular formula is C18H12Cl2O6. The zero-order chi connectivity index (χ0) is 18.8. The first-order valence-electron chi connectivity index (χ1n) is 7.38. The van der Waals surface area contributed by atoms with Crippen LogP contribution in [0.4, 0.5) is 0 Å². The number of rotatable bonds is 4. The largest absolute Gasteiger partial charge is 0.506 e. The molecule has 134 valence electrons. The van der Waals surface area contributed by atoms with Gasteiger partial charge in [-0.2, -0.15) is 0 Å².